The minimum absolute atomic E-state index is 0.413. The van der Waals surface area contributed by atoms with Gasteiger partial charge in [0, 0.05) is 32.7 Å². The molecule has 3 saturated heterocycles. The number of halogens is 3. The summed E-state index contributed by atoms with van der Waals surface area (Å²) in [5.74, 6) is -1.63. The number of carbonyl (C=O) groups excluding carboxylic acids is 1. The van der Waals surface area contributed by atoms with Crippen LogP contribution in [0.5, 0.6) is 0 Å². The van der Waals surface area contributed by atoms with Crippen molar-refractivity contribution in [1.82, 2.24) is 9.80 Å². The zero-order valence-electron chi connectivity index (χ0n) is 18.9. The fourth-order valence-electron chi connectivity index (χ4n) is 5.71. The van der Waals surface area contributed by atoms with Crippen molar-refractivity contribution < 1.29 is 32.6 Å². The molecular weight excluding hydrogens is 425 g/mol. The van der Waals surface area contributed by atoms with E-state index in [4.69, 9.17) is 14.6 Å². The third-order valence-corrected chi connectivity index (χ3v) is 7.60. The molecule has 1 N–H and O–H groups in total. The van der Waals surface area contributed by atoms with Crippen molar-refractivity contribution in [1.29, 1.82) is 0 Å². The molecule has 0 radical (unpaired) electrons. The third-order valence-electron chi connectivity index (χ3n) is 7.60. The maximum Gasteiger partial charge on any atom is 0.490 e. The van der Waals surface area contributed by atoms with Gasteiger partial charge in [-0.2, -0.15) is 13.2 Å². The lowest BCUT2D eigenvalue weighted by atomic mass is 9.72. The Kier molecular flexibility index (Phi) is 8.83. The highest BCUT2D eigenvalue weighted by atomic mass is 19.4. The van der Waals surface area contributed by atoms with Gasteiger partial charge in [-0.3, -0.25) is 4.79 Å². The Balaban J connectivity index is 0.000000360. The largest absolute Gasteiger partial charge is 0.490 e. The van der Waals surface area contributed by atoms with Gasteiger partial charge < -0.3 is 19.6 Å². The Labute approximate surface area is 188 Å². The van der Waals surface area contributed by atoms with E-state index in [2.05, 4.69) is 9.80 Å². The van der Waals surface area contributed by atoms with E-state index in [0.29, 0.717) is 23.3 Å². The number of carboxylic acid groups (broad SMARTS) is 1. The second-order valence-corrected chi connectivity index (χ2v) is 10.0. The molecule has 4 fully saturated rings. The van der Waals surface area contributed by atoms with E-state index >= 15 is 0 Å². The molecule has 9 heteroatoms. The van der Waals surface area contributed by atoms with Crippen LogP contribution < -0.4 is 0 Å². The van der Waals surface area contributed by atoms with Crippen molar-refractivity contribution in [3.63, 3.8) is 0 Å². The fourth-order valence-corrected chi connectivity index (χ4v) is 5.71. The van der Waals surface area contributed by atoms with E-state index < -0.39 is 12.1 Å². The Hall–Kier alpha value is -1.35. The SMILES string of the molecule is O=C(CC1CCCC1)N1CCCC2(CCN(CC3CCCO3)CC2)C1.O=C(O)C(F)(F)F. The van der Waals surface area contributed by atoms with Crippen LogP contribution in [0.3, 0.4) is 0 Å². The van der Waals surface area contributed by atoms with Gasteiger partial charge in [0.1, 0.15) is 0 Å². The number of likely N-dealkylation sites (tertiary alicyclic amines) is 2. The van der Waals surface area contributed by atoms with Crippen LogP contribution in [-0.4, -0.2) is 78.4 Å². The number of hydrogen-bond acceptors (Lipinski definition) is 4. The summed E-state index contributed by atoms with van der Waals surface area (Å²) < 4.78 is 37.5. The topological polar surface area (TPSA) is 70.1 Å². The maximum atomic E-state index is 12.8. The number of ether oxygens (including phenoxy) is 1. The number of amides is 1. The summed E-state index contributed by atoms with van der Waals surface area (Å²) in [7, 11) is 0. The number of hydrogen-bond donors (Lipinski definition) is 1. The summed E-state index contributed by atoms with van der Waals surface area (Å²) in [4.78, 5) is 26.5. The molecule has 1 spiro atoms. The molecule has 3 heterocycles. The van der Waals surface area contributed by atoms with Gasteiger partial charge in [0.25, 0.3) is 0 Å². The van der Waals surface area contributed by atoms with Crippen LogP contribution in [0.25, 0.3) is 0 Å². The molecule has 0 aromatic heterocycles. The van der Waals surface area contributed by atoms with Crippen LogP contribution in [0.1, 0.15) is 70.6 Å². The first-order chi connectivity index (χ1) is 15.2. The van der Waals surface area contributed by atoms with Crippen molar-refractivity contribution in [3.05, 3.63) is 0 Å². The predicted octanol–water partition coefficient (Wildman–Crippen LogP) is 4.08. The summed E-state index contributed by atoms with van der Waals surface area (Å²) in [6.07, 6.45) is 9.00. The highest BCUT2D eigenvalue weighted by Crippen LogP contribution is 2.40. The molecule has 1 saturated carbocycles. The first-order valence-corrected chi connectivity index (χ1v) is 12.1. The molecule has 3 aliphatic heterocycles. The highest BCUT2D eigenvalue weighted by molar-refractivity contribution is 5.76. The maximum absolute atomic E-state index is 12.8. The average molecular weight is 463 g/mol. The summed E-state index contributed by atoms with van der Waals surface area (Å²) in [6.45, 7) is 6.52. The lowest BCUT2D eigenvalue weighted by Crippen LogP contribution is -2.52. The molecule has 4 aliphatic rings. The Morgan fingerprint density at radius 3 is 2.19 bits per heavy atom. The van der Waals surface area contributed by atoms with E-state index in [9.17, 15) is 18.0 Å². The molecule has 32 heavy (non-hydrogen) atoms. The van der Waals surface area contributed by atoms with E-state index in [-0.39, 0.29) is 0 Å². The molecule has 0 aromatic carbocycles. The van der Waals surface area contributed by atoms with Crippen LogP contribution in [0, 0.1) is 11.3 Å². The van der Waals surface area contributed by atoms with Gasteiger partial charge in [0.15, 0.2) is 0 Å². The highest BCUT2D eigenvalue weighted by Gasteiger charge is 2.40. The number of aliphatic carboxylic acids is 1. The number of rotatable bonds is 4. The van der Waals surface area contributed by atoms with Crippen molar-refractivity contribution in [2.24, 2.45) is 11.3 Å². The van der Waals surface area contributed by atoms with Gasteiger partial charge in [0.2, 0.25) is 5.91 Å². The minimum Gasteiger partial charge on any atom is -0.475 e. The van der Waals surface area contributed by atoms with Gasteiger partial charge in [-0.05, 0) is 75.8 Å². The van der Waals surface area contributed by atoms with Crippen molar-refractivity contribution in [2.45, 2.75) is 82.9 Å². The summed E-state index contributed by atoms with van der Waals surface area (Å²) in [5.41, 5.74) is 0.413. The van der Waals surface area contributed by atoms with Crippen molar-refractivity contribution in [2.75, 3.05) is 39.3 Å². The molecule has 184 valence electrons. The van der Waals surface area contributed by atoms with E-state index in [0.717, 1.165) is 32.7 Å². The number of alkyl halides is 3. The molecule has 1 unspecified atom stereocenters. The Bertz CT molecular complexity index is 623. The monoisotopic (exact) mass is 462 g/mol. The zero-order chi connectivity index (χ0) is 23.2. The molecule has 4 rings (SSSR count). The Morgan fingerprint density at radius 1 is 0.969 bits per heavy atom. The number of carbonyl (C=O) groups is 2. The van der Waals surface area contributed by atoms with Crippen LogP contribution in [-0.2, 0) is 14.3 Å². The summed E-state index contributed by atoms with van der Waals surface area (Å²) >= 11 is 0. The number of piperidine rings is 2. The van der Waals surface area contributed by atoms with E-state index in [1.807, 2.05) is 0 Å². The molecule has 1 amide bonds. The lowest BCUT2D eigenvalue weighted by molar-refractivity contribution is -0.192. The van der Waals surface area contributed by atoms with Gasteiger partial charge in [-0.25, -0.2) is 4.79 Å². The summed E-state index contributed by atoms with van der Waals surface area (Å²) in [6, 6.07) is 0. The average Bonchev–Trinajstić information content (AvgIpc) is 3.44. The molecule has 0 aromatic rings. The van der Waals surface area contributed by atoms with Gasteiger partial charge in [-0.1, -0.05) is 12.8 Å². The van der Waals surface area contributed by atoms with Gasteiger partial charge >= 0.3 is 12.1 Å². The molecule has 0 bridgehead atoms. The zero-order valence-corrected chi connectivity index (χ0v) is 18.9. The van der Waals surface area contributed by atoms with Crippen LogP contribution >= 0.6 is 0 Å². The Morgan fingerprint density at radius 2 is 1.62 bits per heavy atom. The first-order valence-electron chi connectivity index (χ1n) is 12.1. The quantitative estimate of drug-likeness (QED) is 0.682. The van der Waals surface area contributed by atoms with Gasteiger partial charge in [-0.15, -0.1) is 0 Å². The molecule has 6 nitrogen and oxygen atoms in total. The van der Waals surface area contributed by atoms with Crippen LogP contribution in [0.15, 0.2) is 0 Å². The number of nitrogens with zero attached hydrogens (tertiary/aromatic N) is 2. The molecule has 1 aliphatic carbocycles. The standard InChI is InChI=1S/C21H36N2O2.C2HF3O2/c24-20(15-18-5-1-2-6-18)23-11-4-8-21(17-23)9-12-22(13-10-21)16-19-7-3-14-25-19;3-2(4,5)1(6)7/h18-19H,1-17H2;(H,6,7). The predicted molar refractivity (Wildman–Crippen MR) is 113 cm³/mol. The molecular formula is C23H37F3N2O4. The van der Waals surface area contributed by atoms with Crippen molar-refractivity contribution >= 4 is 11.9 Å². The normalized spacial score (nSPS) is 26.7. The third kappa shape index (κ3) is 7.33. The second-order valence-electron chi connectivity index (χ2n) is 10.0. The summed E-state index contributed by atoms with van der Waals surface area (Å²) in [5, 5.41) is 7.12. The van der Waals surface area contributed by atoms with Crippen LogP contribution in [0.2, 0.25) is 0 Å². The van der Waals surface area contributed by atoms with Crippen molar-refractivity contribution in [3.8, 4) is 0 Å². The van der Waals surface area contributed by atoms with Gasteiger partial charge in [0.05, 0.1) is 6.10 Å². The lowest BCUT2D eigenvalue weighted by Gasteiger charge is -2.48. The second kappa shape index (κ2) is 11.2. The van der Waals surface area contributed by atoms with Crippen LogP contribution in [0.4, 0.5) is 13.2 Å². The van der Waals surface area contributed by atoms with E-state index in [1.54, 1.807) is 0 Å². The first kappa shape index (κ1) is 25.3. The minimum atomic E-state index is -5.08. The smallest absolute Gasteiger partial charge is 0.475 e. The van der Waals surface area contributed by atoms with E-state index in [1.165, 1.54) is 77.3 Å². The fraction of sp³-hybridized carbons (Fsp3) is 0.913. The molecule has 1 atom stereocenters. The number of carboxylic acids is 1.